The first-order chi connectivity index (χ1) is 13.2. The normalized spacial score (nSPS) is 10.6. The molecule has 1 aromatic carbocycles. The van der Waals surface area contributed by atoms with E-state index in [4.69, 9.17) is 0 Å². The Labute approximate surface area is 158 Å². The van der Waals surface area contributed by atoms with Crippen molar-refractivity contribution in [2.75, 3.05) is 18.5 Å². The number of ether oxygens (including phenoxy) is 1. The molecule has 150 valence electrons. The van der Waals surface area contributed by atoms with Gasteiger partial charge in [0.2, 0.25) is 11.3 Å². The van der Waals surface area contributed by atoms with E-state index < -0.39 is 52.6 Å². The lowest BCUT2D eigenvalue weighted by Gasteiger charge is -2.15. The van der Waals surface area contributed by atoms with Crippen molar-refractivity contribution in [3.63, 3.8) is 0 Å². The fourth-order valence-corrected chi connectivity index (χ4v) is 2.66. The summed E-state index contributed by atoms with van der Waals surface area (Å²) in [6, 6.07) is 0.821. The summed E-state index contributed by atoms with van der Waals surface area (Å²) in [5.74, 6) is -4.96. The average Bonchev–Trinajstić information content (AvgIpc) is 2.63. The molecule has 0 aliphatic heterocycles. The van der Waals surface area contributed by atoms with E-state index in [-0.39, 0.29) is 24.1 Å². The molecule has 0 bridgehead atoms. The number of benzene rings is 1. The number of nitrogens with one attached hydrogen (secondary N) is 2. The Hall–Kier alpha value is -3.30. The van der Waals surface area contributed by atoms with E-state index in [1.165, 1.54) is 10.8 Å². The third-order valence-electron chi connectivity index (χ3n) is 3.85. The van der Waals surface area contributed by atoms with E-state index in [9.17, 15) is 28.0 Å². The predicted molar refractivity (Wildman–Crippen MR) is 97.1 cm³/mol. The van der Waals surface area contributed by atoms with Crippen LogP contribution in [0.15, 0.2) is 17.1 Å². The SMILES string of the molecule is CCOC(=O)CNC(=O)c1cn(CC)c2cc(F)c(F)c(NC(C)=O)c2c1=O. The zero-order valence-corrected chi connectivity index (χ0v) is 15.5. The summed E-state index contributed by atoms with van der Waals surface area (Å²) in [6.07, 6.45) is 1.18. The van der Waals surface area contributed by atoms with Crippen molar-refractivity contribution >= 4 is 34.4 Å². The Morgan fingerprint density at radius 2 is 1.89 bits per heavy atom. The van der Waals surface area contributed by atoms with Crippen molar-refractivity contribution < 1.29 is 27.9 Å². The summed E-state index contributed by atoms with van der Waals surface area (Å²) in [4.78, 5) is 48.0. The maximum atomic E-state index is 14.3. The molecule has 0 aliphatic carbocycles. The van der Waals surface area contributed by atoms with E-state index in [2.05, 4.69) is 15.4 Å². The van der Waals surface area contributed by atoms with Crippen LogP contribution >= 0.6 is 0 Å². The summed E-state index contributed by atoms with van der Waals surface area (Å²) < 4.78 is 34.3. The first-order valence-corrected chi connectivity index (χ1v) is 8.47. The highest BCUT2D eigenvalue weighted by Gasteiger charge is 2.23. The topological polar surface area (TPSA) is 106 Å². The Balaban J connectivity index is 2.66. The molecule has 1 aromatic heterocycles. The molecule has 0 saturated carbocycles. The summed E-state index contributed by atoms with van der Waals surface area (Å²) >= 11 is 0. The number of amides is 2. The molecule has 0 fully saturated rings. The van der Waals surface area contributed by atoms with Gasteiger partial charge in [-0.2, -0.15) is 0 Å². The molecule has 8 nitrogen and oxygen atoms in total. The van der Waals surface area contributed by atoms with Gasteiger partial charge in [0.1, 0.15) is 12.1 Å². The minimum atomic E-state index is -1.41. The molecule has 0 radical (unpaired) electrons. The molecule has 0 aliphatic rings. The van der Waals surface area contributed by atoms with E-state index in [0.717, 1.165) is 13.0 Å². The lowest BCUT2D eigenvalue weighted by Crippen LogP contribution is -2.34. The van der Waals surface area contributed by atoms with Crippen LogP contribution in [0.5, 0.6) is 0 Å². The monoisotopic (exact) mass is 395 g/mol. The lowest BCUT2D eigenvalue weighted by atomic mass is 10.1. The number of carbonyl (C=O) groups excluding carboxylic acids is 3. The van der Waals surface area contributed by atoms with Gasteiger partial charge in [-0.3, -0.25) is 19.2 Å². The van der Waals surface area contributed by atoms with Gasteiger partial charge in [0.05, 0.1) is 23.2 Å². The molecule has 0 atom stereocenters. The van der Waals surface area contributed by atoms with Gasteiger partial charge in [0.25, 0.3) is 5.91 Å². The van der Waals surface area contributed by atoms with E-state index in [1.807, 2.05) is 0 Å². The van der Waals surface area contributed by atoms with Gasteiger partial charge in [0, 0.05) is 25.7 Å². The first-order valence-electron chi connectivity index (χ1n) is 8.47. The minimum Gasteiger partial charge on any atom is -0.465 e. The quantitative estimate of drug-likeness (QED) is 0.722. The minimum absolute atomic E-state index is 0.0112. The largest absolute Gasteiger partial charge is 0.465 e. The van der Waals surface area contributed by atoms with Gasteiger partial charge < -0.3 is 19.9 Å². The van der Waals surface area contributed by atoms with Crippen molar-refractivity contribution in [3.05, 3.63) is 39.7 Å². The van der Waals surface area contributed by atoms with Crippen LogP contribution in [-0.4, -0.2) is 35.5 Å². The smallest absolute Gasteiger partial charge is 0.325 e. The van der Waals surface area contributed by atoms with Gasteiger partial charge in [-0.1, -0.05) is 0 Å². The van der Waals surface area contributed by atoms with Crippen LogP contribution in [-0.2, 0) is 20.9 Å². The number of halogens is 2. The summed E-state index contributed by atoms with van der Waals surface area (Å²) in [6.45, 7) is 4.22. The van der Waals surface area contributed by atoms with Crippen LogP contribution in [0.2, 0.25) is 0 Å². The molecule has 2 aromatic rings. The van der Waals surface area contributed by atoms with Crippen molar-refractivity contribution in [1.82, 2.24) is 9.88 Å². The summed E-state index contributed by atoms with van der Waals surface area (Å²) in [5, 5.41) is 4.01. The zero-order valence-electron chi connectivity index (χ0n) is 15.5. The second-order valence-electron chi connectivity index (χ2n) is 5.77. The highest BCUT2D eigenvalue weighted by Crippen LogP contribution is 2.27. The van der Waals surface area contributed by atoms with Crippen LogP contribution < -0.4 is 16.1 Å². The Morgan fingerprint density at radius 3 is 2.46 bits per heavy atom. The molecule has 10 heteroatoms. The number of aromatic nitrogens is 1. The van der Waals surface area contributed by atoms with E-state index in [1.54, 1.807) is 13.8 Å². The number of esters is 1. The van der Waals surface area contributed by atoms with Crippen molar-refractivity contribution in [1.29, 1.82) is 0 Å². The maximum Gasteiger partial charge on any atom is 0.325 e. The zero-order chi connectivity index (χ0) is 21.0. The highest BCUT2D eigenvalue weighted by molar-refractivity contribution is 6.04. The number of carbonyl (C=O) groups is 3. The average molecular weight is 395 g/mol. The van der Waals surface area contributed by atoms with Gasteiger partial charge in [0.15, 0.2) is 11.6 Å². The Morgan fingerprint density at radius 1 is 1.21 bits per heavy atom. The van der Waals surface area contributed by atoms with Gasteiger partial charge in [-0.25, -0.2) is 8.78 Å². The molecule has 2 N–H and O–H groups in total. The fourth-order valence-electron chi connectivity index (χ4n) is 2.66. The molecule has 2 rings (SSSR count). The molecule has 0 unspecified atom stereocenters. The molecule has 28 heavy (non-hydrogen) atoms. The van der Waals surface area contributed by atoms with Crippen LogP contribution in [0.4, 0.5) is 14.5 Å². The number of hydrogen-bond donors (Lipinski definition) is 2. The molecule has 0 saturated heterocycles. The van der Waals surface area contributed by atoms with Crippen molar-refractivity contribution in [2.24, 2.45) is 0 Å². The Kier molecular flexibility index (Phi) is 6.45. The van der Waals surface area contributed by atoms with Crippen LogP contribution in [0.25, 0.3) is 10.9 Å². The number of hydrogen-bond acceptors (Lipinski definition) is 5. The van der Waals surface area contributed by atoms with Crippen LogP contribution in [0.1, 0.15) is 31.1 Å². The number of pyridine rings is 1. The highest BCUT2D eigenvalue weighted by atomic mass is 19.2. The summed E-state index contributed by atoms with van der Waals surface area (Å²) in [7, 11) is 0. The van der Waals surface area contributed by atoms with Crippen molar-refractivity contribution in [3.8, 4) is 0 Å². The fraction of sp³-hybridized carbons (Fsp3) is 0.333. The number of aryl methyl sites for hydroxylation is 1. The standard InChI is InChI=1S/C18H19F2N3O5/c1-4-23-8-10(18(27)21-7-13(25)28-5-2)17(26)14-12(23)6-11(19)15(20)16(14)22-9(3)24/h6,8H,4-5,7H2,1-3H3,(H,21,27)(H,22,24). The second-order valence-corrected chi connectivity index (χ2v) is 5.77. The third kappa shape index (κ3) is 4.16. The summed E-state index contributed by atoms with van der Waals surface area (Å²) in [5.41, 5.74) is -1.94. The molecular formula is C18H19F2N3O5. The molecule has 1 heterocycles. The molecule has 0 spiro atoms. The maximum absolute atomic E-state index is 14.3. The second kappa shape index (κ2) is 8.59. The first kappa shape index (κ1) is 21.0. The lowest BCUT2D eigenvalue weighted by molar-refractivity contribution is -0.141. The molecule has 2 amide bonds. The van der Waals surface area contributed by atoms with Gasteiger partial charge in [-0.15, -0.1) is 0 Å². The Bertz CT molecular complexity index is 1020. The predicted octanol–water partition coefficient (Wildman–Crippen LogP) is 1.55. The van der Waals surface area contributed by atoms with Gasteiger partial charge >= 0.3 is 5.97 Å². The van der Waals surface area contributed by atoms with Crippen LogP contribution in [0, 0.1) is 11.6 Å². The number of nitrogens with zero attached hydrogens (tertiary/aromatic N) is 1. The van der Waals surface area contributed by atoms with Crippen LogP contribution in [0.3, 0.4) is 0 Å². The number of rotatable bonds is 6. The van der Waals surface area contributed by atoms with E-state index >= 15 is 0 Å². The number of anilines is 1. The third-order valence-corrected chi connectivity index (χ3v) is 3.85. The van der Waals surface area contributed by atoms with E-state index in [0.29, 0.717) is 0 Å². The number of fused-ring (bicyclic) bond motifs is 1. The van der Waals surface area contributed by atoms with Crippen molar-refractivity contribution in [2.45, 2.75) is 27.3 Å². The van der Waals surface area contributed by atoms with Gasteiger partial charge in [-0.05, 0) is 13.8 Å². The molecular weight excluding hydrogens is 376 g/mol.